The summed E-state index contributed by atoms with van der Waals surface area (Å²) in [5, 5.41) is 0. The number of fused-ring (bicyclic) bond motifs is 1. The van der Waals surface area contributed by atoms with E-state index >= 15 is 0 Å². The maximum atomic E-state index is 2.51. The van der Waals surface area contributed by atoms with Crippen LogP contribution >= 0.6 is 11.3 Å². The first-order chi connectivity index (χ1) is 5.79. The number of aryl methyl sites for hydroxylation is 1. The lowest BCUT2D eigenvalue weighted by Crippen LogP contribution is -2.29. The van der Waals surface area contributed by atoms with Gasteiger partial charge in [-0.25, -0.2) is 0 Å². The lowest BCUT2D eigenvalue weighted by Gasteiger charge is -2.24. The Morgan fingerprint density at radius 3 is 3.17 bits per heavy atom. The summed E-state index contributed by atoms with van der Waals surface area (Å²) in [4.78, 5) is 5.60. The van der Waals surface area contributed by atoms with Crippen LogP contribution < -0.4 is 0 Å². The molecule has 1 aliphatic heterocycles. The summed E-state index contributed by atoms with van der Waals surface area (Å²) in [6.07, 6.45) is 1.27. The maximum absolute atomic E-state index is 2.51. The summed E-state index contributed by atoms with van der Waals surface area (Å²) >= 11 is 1.98. The summed E-state index contributed by atoms with van der Waals surface area (Å²) in [6, 6.07) is 2.35. The molecule has 1 aromatic rings. The molecule has 0 aromatic carbocycles. The third-order valence-corrected chi connectivity index (χ3v) is 3.67. The summed E-state index contributed by atoms with van der Waals surface area (Å²) in [7, 11) is 0. The average molecular weight is 181 g/mol. The number of hydrogen-bond donors (Lipinski definition) is 0. The van der Waals surface area contributed by atoms with Crippen LogP contribution in [0.5, 0.6) is 0 Å². The second-order valence-electron chi connectivity index (χ2n) is 3.42. The second-order valence-corrected chi connectivity index (χ2v) is 4.77. The van der Waals surface area contributed by atoms with Crippen LogP contribution in [0.4, 0.5) is 0 Å². The SMILES string of the molecule is CCN1CCc2sc(C)cc2C1. The minimum atomic E-state index is 1.18. The van der Waals surface area contributed by atoms with E-state index in [4.69, 9.17) is 0 Å². The van der Waals surface area contributed by atoms with Crippen LogP contribution in [-0.4, -0.2) is 18.0 Å². The Bertz CT molecular complexity index is 277. The Morgan fingerprint density at radius 1 is 1.58 bits per heavy atom. The van der Waals surface area contributed by atoms with Gasteiger partial charge in [0.15, 0.2) is 0 Å². The molecule has 0 saturated heterocycles. The van der Waals surface area contributed by atoms with Crippen LogP contribution in [0.3, 0.4) is 0 Å². The van der Waals surface area contributed by atoms with E-state index < -0.39 is 0 Å². The van der Waals surface area contributed by atoms with Crippen LogP contribution in [0.2, 0.25) is 0 Å². The van der Waals surface area contributed by atoms with Gasteiger partial charge in [0.1, 0.15) is 0 Å². The molecule has 2 heterocycles. The van der Waals surface area contributed by atoms with Crippen molar-refractivity contribution >= 4 is 11.3 Å². The second kappa shape index (κ2) is 3.19. The zero-order chi connectivity index (χ0) is 8.55. The predicted octanol–water partition coefficient (Wildman–Crippen LogP) is 2.43. The smallest absolute Gasteiger partial charge is 0.0244 e. The molecule has 0 unspecified atom stereocenters. The quantitative estimate of drug-likeness (QED) is 0.643. The average Bonchev–Trinajstić information content (AvgIpc) is 2.43. The van der Waals surface area contributed by atoms with Crippen molar-refractivity contribution in [3.8, 4) is 0 Å². The van der Waals surface area contributed by atoms with E-state index in [1.807, 2.05) is 11.3 Å². The number of nitrogens with zero attached hydrogens (tertiary/aromatic N) is 1. The van der Waals surface area contributed by atoms with E-state index in [1.54, 1.807) is 10.4 Å². The monoisotopic (exact) mass is 181 g/mol. The maximum Gasteiger partial charge on any atom is 0.0244 e. The van der Waals surface area contributed by atoms with Gasteiger partial charge >= 0.3 is 0 Å². The third-order valence-electron chi connectivity index (χ3n) is 2.52. The van der Waals surface area contributed by atoms with Crippen LogP contribution in [0.25, 0.3) is 0 Å². The number of hydrogen-bond acceptors (Lipinski definition) is 2. The summed E-state index contributed by atoms with van der Waals surface area (Å²) in [5.74, 6) is 0. The minimum absolute atomic E-state index is 1.18. The highest BCUT2D eigenvalue weighted by Gasteiger charge is 2.16. The van der Waals surface area contributed by atoms with Crippen molar-refractivity contribution in [3.63, 3.8) is 0 Å². The van der Waals surface area contributed by atoms with Gasteiger partial charge in [0.25, 0.3) is 0 Å². The molecule has 2 heteroatoms. The van der Waals surface area contributed by atoms with Crippen molar-refractivity contribution in [2.45, 2.75) is 26.8 Å². The summed E-state index contributed by atoms with van der Waals surface area (Å²) < 4.78 is 0. The van der Waals surface area contributed by atoms with E-state index in [0.29, 0.717) is 0 Å². The summed E-state index contributed by atoms with van der Waals surface area (Å²) in [6.45, 7) is 8.07. The topological polar surface area (TPSA) is 3.24 Å². The molecule has 0 radical (unpaired) electrons. The van der Waals surface area contributed by atoms with Crippen molar-refractivity contribution in [2.24, 2.45) is 0 Å². The van der Waals surface area contributed by atoms with Crippen molar-refractivity contribution in [3.05, 3.63) is 21.4 Å². The molecule has 0 N–H and O–H groups in total. The van der Waals surface area contributed by atoms with Crippen molar-refractivity contribution in [2.75, 3.05) is 13.1 Å². The summed E-state index contributed by atoms with van der Waals surface area (Å²) in [5.41, 5.74) is 1.57. The van der Waals surface area contributed by atoms with Crippen LogP contribution in [0.15, 0.2) is 6.07 Å². The highest BCUT2D eigenvalue weighted by atomic mass is 32.1. The molecule has 1 aliphatic rings. The Balaban J connectivity index is 2.22. The molecule has 0 fully saturated rings. The largest absolute Gasteiger partial charge is 0.299 e. The first-order valence-electron chi connectivity index (χ1n) is 4.60. The predicted molar refractivity (Wildman–Crippen MR) is 53.7 cm³/mol. The normalized spacial score (nSPS) is 17.8. The molecule has 0 saturated carbocycles. The Hall–Kier alpha value is -0.340. The molecule has 0 spiro atoms. The zero-order valence-electron chi connectivity index (χ0n) is 7.76. The molecule has 66 valence electrons. The van der Waals surface area contributed by atoms with Gasteiger partial charge in [-0.15, -0.1) is 11.3 Å². The van der Waals surface area contributed by atoms with E-state index in [-0.39, 0.29) is 0 Å². The molecule has 0 aliphatic carbocycles. The lowest BCUT2D eigenvalue weighted by atomic mass is 10.1. The van der Waals surface area contributed by atoms with Crippen LogP contribution in [0.1, 0.15) is 22.2 Å². The van der Waals surface area contributed by atoms with Gasteiger partial charge in [0.05, 0.1) is 0 Å². The van der Waals surface area contributed by atoms with Crippen LogP contribution in [-0.2, 0) is 13.0 Å². The molecule has 1 nitrogen and oxygen atoms in total. The van der Waals surface area contributed by atoms with Gasteiger partial charge in [0.2, 0.25) is 0 Å². The highest BCUT2D eigenvalue weighted by molar-refractivity contribution is 7.12. The molecule has 1 aromatic heterocycles. The van der Waals surface area contributed by atoms with Crippen molar-refractivity contribution in [1.82, 2.24) is 4.90 Å². The number of thiophene rings is 1. The van der Waals surface area contributed by atoms with E-state index in [9.17, 15) is 0 Å². The highest BCUT2D eigenvalue weighted by Crippen LogP contribution is 2.27. The fourth-order valence-electron chi connectivity index (χ4n) is 1.81. The van der Waals surface area contributed by atoms with E-state index in [2.05, 4.69) is 24.8 Å². The molecule has 12 heavy (non-hydrogen) atoms. The van der Waals surface area contributed by atoms with Gasteiger partial charge in [-0.1, -0.05) is 6.92 Å². The third kappa shape index (κ3) is 1.41. The van der Waals surface area contributed by atoms with Gasteiger partial charge < -0.3 is 0 Å². The Kier molecular flexibility index (Phi) is 2.20. The van der Waals surface area contributed by atoms with Gasteiger partial charge in [-0.2, -0.15) is 0 Å². The van der Waals surface area contributed by atoms with Gasteiger partial charge in [-0.3, -0.25) is 4.90 Å². The van der Waals surface area contributed by atoms with Crippen molar-refractivity contribution < 1.29 is 0 Å². The molecule has 0 bridgehead atoms. The lowest BCUT2D eigenvalue weighted by molar-refractivity contribution is 0.270. The molecular formula is C10H15NS. The molecule has 0 atom stereocenters. The Morgan fingerprint density at radius 2 is 2.42 bits per heavy atom. The van der Waals surface area contributed by atoms with E-state index in [1.165, 1.54) is 30.9 Å². The first-order valence-corrected chi connectivity index (χ1v) is 5.41. The van der Waals surface area contributed by atoms with Gasteiger partial charge in [-0.05, 0) is 31.5 Å². The van der Waals surface area contributed by atoms with Crippen molar-refractivity contribution in [1.29, 1.82) is 0 Å². The fourth-order valence-corrected chi connectivity index (χ4v) is 2.85. The first kappa shape index (κ1) is 8.27. The minimum Gasteiger partial charge on any atom is -0.299 e. The molecule has 2 rings (SSSR count). The number of rotatable bonds is 1. The number of likely N-dealkylation sites (N-methyl/N-ethyl adjacent to an activating group) is 1. The Labute approximate surface area is 78.0 Å². The van der Waals surface area contributed by atoms with E-state index in [0.717, 1.165) is 0 Å². The van der Waals surface area contributed by atoms with Crippen LogP contribution in [0, 0.1) is 6.92 Å². The molecular weight excluding hydrogens is 166 g/mol. The zero-order valence-corrected chi connectivity index (χ0v) is 8.58. The fraction of sp³-hybridized carbons (Fsp3) is 0.600. The van der Waals surface area contributed by atoms with Gasteiger partial charge in [0, 0.05) is 22.8 Å². The molecule has 0 amide bonds. The standard InChI is InChI=1S/C10H15NS/c1-3-11-5-4-10-9(7-11)6-8(2)12-10/h6H,3-5,7H2,1-2H3.